The Balaban J connectivity index is 1.73. The highest BCUT2D eigenvalue weighted by molar-refractivity contribution is 5.80. The lowest BCUT2D eigenvalue weighted by Gasteiger charge is -2.54. The summed E-state index contributed by atoms with van der Waals surface area (Å²) in [5.74, 6) is 2.39. The highest BCUT2D eigenvalue weighted by atomic mass is 16.5. The van der Waals surface area contributed by atoms with Gasteiger partial charge in [-0.15, -0.1) is 0 Å². The molecule has 1 aromatic carbocycles. The summed E-state index contributed by atoms with van der Waals surface area (Å²) in [6, 6.07) is 6.73. The van der Waals surface area contributed by atoms with E-state index in [-0.39, 0.29) is 11.5 Å². The van der Waals surface area contributed by atoms with E-state index in [2.05, 4.69) is 70.4 Å². The van der Waals surface area contributed by atoms with Crippen LogP contribution in [0.2, 0.25) is 0 Å². The van der Waals surface area contributed by atoms with Gasteiger partial charge in [0, 0.05) is 36.1 Å². The quantitative estimate of drug-likeness (QED) is 0.590. The normalized spacial score (nSPS) is 26.5. The Labute approximate surface area is 163 Å². The lowest BCUT2D eigenvalue weighted by Crippen LogP contribution is -2.67. The first-order valence-electron chi connectivity index (χ1n) is 10.3. The smallest absolute Gasteiger partial charge is 0.191 e. The minimum absolute atomic E-state index is 0.132. The highest BCUT2D eigenvalue weighted by Crippen LogP contribution is 2.52. The molecule has 1 saturated carbocycles. The number of fused-ring (bicyclic) bond motifs is 1. The van der Waals surface area contributed by atoms with Crippen LogP contribution in [0.15, 0.2) is 23.2 Å². The van der Waals surface area contributed by atoms with Crippen LogP contribution in [-0.4, -0.2) is 37.4 Å². The van der Waals surface area contributed by atoms with Crippen LogP contribution >= 0.6 is 0 Å². The number of nitrogens with zero attached hydrogens (tertiary/aromatic N) is 1. The van der Waals surface area contributed by atoms with Crippen molar-refractivity contribution in [1.29, 1.82) is 0 Å². The van der Waals surface area contributed by atoms with E-state index in [4.69, 9.17) is 14.5 Å². The van der Waals surface area contributed by atoms with E-state index in [1.807, 2.05) is 0 Å². The summed E-state index contributed by atoms with van der Waals surface area (Å²) < 4.78 is 11.9. The van der Waals surface area contributed by atoms with Crippen molar-refractivity contribution < 1.29 is 9.47 Å². The van der Waals surface area contributed by atoms with Gasteiger partial charge in [0.1, 0.15) is 5.75 Å². The molecule has 2 N–H and O–H groups in total. The molecule has 3 atom stereocenters. The van der Waals surface area contributed by atoms with Crippen LogP contribution in [0.1, 0.15) is 52.2 Å². The number of rotatable bonds is 6. The summed E-state index contributed by atoms with van der Waals surface area (Å²) in [6.07, 6.45) is 1.66. The van der Waals surface area contributed by atoms with Crippen LogP contribution in [0.4, 0.5) is 0 Å². The Morgan fingerprint density at radius 3 is 2.85 bits per heavy atom. The van der Waals surface area contributed by atoms with Gasteiger partial charge in [0.25, 0.3) is 0 Å². The average molecular weight is 374 g/mol. The van der Waals surface area contributed by atoms with Crippen molar-refractivity contribution >= 4 is 5.96 Å². The lowest BCUT2D eigenvalue weighted by molar-refractivity contribution is -0.106. The molecule has 5 heteroatoms. The number of benzene rings is 1. The molecule has 2 aliphatic rings. The first kappa shape index (κ1) is 20.0. The Morgan fingerprint density at radius 2 is 2.15 bits per heavy atom. The Kier molecular flexibility index (Phi) is 5.99. The molecule has 0 radical (unpaired) electrons. The van der Waals surface area contributed by atoms with Gasteiger partial charge in [0.2, 0.25) is 0 Å². The van der Waals surface area contributed by atoms with Crippen molar-refractivity contribution in [2.24, 2.45) is 16.3 Å². The van der Waals surface area contributed by atoms with E-state index < -0.39 is 0 Å². The van der Waals surface area contributed by atoms with Crippen molar-refractivity contribution in [2.75, 3.05) is 13.2 Å². The summed E-state index contributed by atoms with van der Waals surface area (Å²) in [7, 11) is 0. The maximum atomic E-state index is 6.00. The molecule has 1 heterocycles. The Morgan fingerprint density at radius 1 is 1.37 bits per heavy atom. The summed E-state index contributed by atoms with van der Waals surface area (Å²) in [4.78, 5) is 4.86. The fraction of sp³-hybridized carbons (Fsp3) is 0.682. The SMILES string of the molecule is CCNC(=NCc1ccc(C)cc1OC(C)C)NC1C2CCOC2C1(C)C. The van der Waals surface area contributed by atoms with Crippen LogP contribution < -0.4 is 15.4 Å². The number of aliphatic imine (C=N–C) groups is 1. The minimum atomic E-state index is 0.132. The van der Waals surface area contributed by atoms with Crippen LogP contribution in [-0.2, 0) is 11.3 Å². The standard InChI is InChI=1S/C22H35N3O2/c1-7-23-21(25-19-17-10-11-26-20(17)22(19,5)6)24-13-16-9-8-15(4)12-18(16)27-14(2)3/h8-9,12,14,17,19-20H,7,10-11,13H2,1-6H3,(H2,23,24,25). The fourth-order valence-electron chi connectivity index (χ4n) is 4.40. The summed E-state index contributed by atoms with van der Waals surface area (Å²) in [5.41, 5.74) is 2.45. The number of hydrogen-bond acceptors (Lipinski definition) is 3. The molecule has 1 saturated heterocycles. The third kappa shape index (κ3) is 4.23. The maximum absolute atomic E-state index is 6.00. The second-order valence-corrected chi connectivity index (χ2v) is 8.66. The monoisotopic (exact) mass is 373 g/mol. The number of hydrogen-bond donors (Lipinski definition) is 2. The van der Waals surface area contributed by atoms with Crippen molar-refractivity contribution in [1.82, 2.24) is 10.6 Å². The molecule has 0 amide bonds. The van der Waals surface area contributed by atoms with E-state index in [9.17, 15) is 0 Å². The van der Waals surface area contributed by atoms with E-state index in [0.29, 0.717) is 24.6 Å². The molecule has 0 spiro atoms. The van der Waals surface area contributed by atoms with E-state index in [0.717, 1.165) is 36.8 Å². The van der Waals surface area contributed by atoms with Crippen LogP contribution in [0.3, 0.4) is 0 Å². The van der Waals surface area contributed by atoms with Gasteiger partial charge in [0.05, 0.1) is 18.8 Å². The van der Waals surface area contributed by atoms with E-state index >= 15 is 0 Å². The number of guanidine groups is 1. The van der Waals surface area contributed by atoms with E-state index in [1.54, 1.807) is 0 Å². The molecule has 2 fully saturated rings. The van der Waals surface area contributed by atoms with Gasteiger partial charge in [-0.3, -0.25) is 0 Å². The van der Waals surface area contributed by atoms with Gasteiger partial charge in [-0.1, -0.05) is 26.0 Å². The summed E-state index contributed by atoms with van der Waals surface area (Å²) in [5, 5.41) is 7.07. The zero-order valence-corrected chi connectivity index (χ0v) is 17.6. The fourth-order valence-corrected chi connectivity index (χ4v) is 4.40. The first-order chi connectivity index (χ1) is 12.8. The second kappa shape index (κ2) is 8.09. The van der Waals surface area contributed by atoms with Gasteiger partial charge in [-0.25, -0.2) is 4.99 Å². The molecule has 3 rings (SSSR count). The number of ether oxygens (including phenoxy) is 2. The third-order valence-corrected chi connectivity index (χ3v) is 5.73. The predicted octanol–water partition coefficient (Wildman–Crippen LogP) is 3.65. The van der Waals surface area contributed by atoms with Gasteiger partial charge >= 0.3 is 0 Å². The molecule has 1 aromatic rings. The van der Waals surface area contributed by atoms with Gasteiger partial charge in [-0.05, 0) is 45.7 Å². The van der Waals surface area contributed by atoms with Crippen molar-refractivity contribution in [2.45, 2.75) is 72.8 Å². The second-order valence-electron chi connectivity index (χ2n) is 8.66. The molecule has 1 aliphatic carbocycles. The van der Waals surface area contributed by atoms with Gasteiger partial charge < -0.3 is 20.1 Å². The molecule has 3 unspecified atom stereocenters. The largest absolute Gasteiger partial charge is 0.491 e. The molecule has 150 valence electrons. The molecule has 0 bridgehead atoms. The topological polar surface area (TPSA) is 54.9 Å². The van der Waals surface area contributed by atoms with Crippen molar-refractivity contribution in [3.8, 4) is 5.75 Å². The highest BCUT2D eigenvalue weighted by Gasteiger charge is 2.59. The Hall–Kier alpha value is -1.75. The van der Waals surface area contributed by atoms with Crippen LogP contribution in [0.25, 0.3) is 0 Å². The van der Waals surface area contributed by atoms with Crippen LogP contribution in [0, 0.1) is 18.3 Å². The molecule has 5 nitrogen and oxygen atoms in total. The molecule has 1 aliphatic heterocycles. The predicted molar refractivity (Wildman–Crippen MR) is 110 cm³/mol. The lowest BCUT2D eigenvalue weighted by atomic mass is 9.57. The zero-order chi connectivity index (χ0) is 19.6. The Bertz CT molecular complexity index is 684. The molecule has 0 aromatic heterocycles. The number of aryl methyl sites for hydroxylation is 1. The molecular weight excluding hydrogens is 338 g/mol. The molecular formula is C22H35N3O2. The van der Waals surface area contributed by atoms with Gasteiger partial charge in [-0.2, -0.15) is 0 Å². The third-order valence-electron chi connectivity index (χ3n) is 5.73. The van der Waals surface area contributed by atoms with E-state index in [1.165, 1.54) is 5.56 Å². The van der Waals surface area contributed by atoms with Crippen LogP contribution in [0.5, 0.6) is 5.75 Å². The van der Waals surface area contributed by atoms with Gasteiger partial charge in [0.15, 0.2) is 5.96 Å². The average Bonchev–Trinajstić information content (AvgIpc) is 3.05. The number of nitrogens with one attached hydrogen (secondary N) is 2. The van der Waals surface area contributed by atoms with Crippen molar-refractivity contribution in [3.63, 3.8) is 0 Å². The van der Waals surface area contributed by atoms with Crippen molar-refractivity contribution in [3.05, 3.63) is 29.3 Å². The minimum Gasteiger partial charge on any atom is -0.491 e. The summed E-state index contributed by atoms with van der Waals surface area (Å²) >= 11 is 0. The molecule has 27 heavy (non-hydrogen) atoms. The zero-order valence-electron chi connectivity index (χ0n) is 17.6. The maximum Gasteiger partial charge on any atom is 0.191 e. The summed E-state index contributed by atoms with van der Waals surface area (Å²) in [6.45, 7) is 15.2. The first-order valence-corrected chi connectivity index (χ1v) is 10.3.